The van der Waals surface area contributed by atoms with Crippen LogP contribution in [0.25, 0.3) is 44.4 Å². The van der Waals surface area contributed by atoms with E-state index in [-0.39, 0.29) is 27.0 Å². The fourth-order valence-electron chi connectivity index (χ4n) is 7.71. The topological polar surface area (TPSA) is 44.9 Å². The Bertz CT molecular complexity index is 2330. The van der Waals surface area contributed by atoms with Crippen molar-refractivity contribution < 1.29 is 25.8 Å². The number of benzene rings is 4. The molecule has 0 amide bonds. The first-order chi connectivity index (χ1) is 25.1. The number of nitrogens with zero attached hydrogens (tertiary/aromatic N) is 4. The van der Waals surface area contributed by atoms with Crippen molar-refractivity contribution in [3.8, 4) is 34.1 Å². The summed E-state index contributed by atoms with van der Waals surface area (Å²) in [6.45, 7) is 18.0. The van der Waals surface area contributed by atoms with E-state index in [1.807, 2.05) is 29.2 Å². The third-order valence-corrected chi connectivity index (χ3v) is 10.4. The Morgan fingerprint density at radius 3 is 2.15 bits per heavy atom. The zero-order valence-corrected chi connectivity index (χ0v) is 34.5. The molecule has 53 heavy (non-hydrogen) atoms. The maximum atomic E-state index is 6.62. The van der Waals surface area contributed by atoms with Gasteiger partial charge >= 0.3 is 21.1 Å². The number of aromatic nitrogens is 4. The molecule has 5 nitrogen and oxygen atoms in total. The number of fused-ring (bicyclic) bond motifs is 3. The molecule has 0 saturated heterocycles. The molecule has 0 spiro atoms. The molecule has 0 aliphatic heterocycles. The van der Waals surface area contributed by atoms with E-state index in [4.69, 9.17) is 14.8 Å². The number of pyridine rings is 1. The number of para-hydroxylation sites is 1. The summed E-state index contributed by atoms with van der Waals surface area (Å²) in [5.74, 6) is 3.32. The van der Waals surface area contributed by atoms with Crippen molar-refractivity contribution in [1.82, 2.24) is 19.3 Å². The molecule has 274 valence electrons. The van der Waals surface area contributed by atoms with E-state index in [2.05, 4.69) is 139 Å². The smallest absolute Gasteiger partial charge is 0.509 e. The first-order valence-corrected chi connectivity index (χ1v) is 19.0. The van der Waals surface area contributed by atoms with Crippen molar-refractivity contribution in [3.05, 3.63) is 131 Å². The molecule has 4 aromatic carbocycles. The molecule has 2 unspecified atom stereocenters. The van der Waals surface area contributed by atoms with Crippen molar-refractivity contribution in [3.63, 3.8) is 0 Å². The molecule has 0 saturated carbocycles. The summed E-state index contributed by atoms with van der Waals surface area (Å²) in [5, 5.41) is 7.21. The van der Waals surface area contributed by atoms with Crippen LogP contribution in [0, 0.1) is 26.0 Å². The van der Waals surface area contributed by atoms with Gasteiger partial charge in [-0.05, 0) is 96.0 Å². The first kappa shape index (κ1) is 38.3. The summed E-state index contributed by atoms with van der Waals surface area (Å²) in [6, 6.07) is 32.9. The molecular weight excluding hydrogens is 832 g/mol. The van der Waals surface area contributed by atoms with E-state index in [0.717, 1.165) is 75.7 Å². The molecule has 7 aromatic rings. The molecule has 7 rings (SSSR count). The van der Waals surface area contributed by atoms with Gasteiger partial charge in [0, 0.05) is 35.0 Å². The summed E-state index contributed by atoms with van der Waals surface area (Å²) in [5.41, 5.74) is 11.8. The fraction of sp³-hybridized carbons (Fsp3) is 0.319. The quantitative estimate of drug-likeness (QED) is 0.115. The second-order valence-electron chi connectivity index (χ2n) is 14.9. The summed E-state index contributed by atoms with van der Waals surface area (Å²) in [4.78, 5) is 4.73. The first-order valence-electron chi connectivity index (χ1n) is 19.0. The van der Waals surface area contributed by atoms with Gasteiger partial charge in [0.05, 0.1) is 6.20 Å². The van der Waals surface area contributed by atoms with Gasteiger partial charge in [0.25, 0.3) is 0 Å². The average Bonchev–Trinajstić information content (AvgIpc) is 3.74. The number of hydrogen-bond donors (Lipinski definition) is 0. The van der Waals surface area contributed by atoms with Gasteiger partial charge in [0.2, 0.25) is 0 Å². The van der Waals surface area contributed by atoms with Crippen molar-refractivity contribution in [1.29, 1.82) is 0 Å². The molecule has 3 heterocycles. The zero-order chi connectivity index (χ0) is 36.5. The van der Waals surface area contributed by atoms with E-state index in [1.54, 1.807) is 0 Å². The average molecular weight is 882 g/mol. The van der Waals surface area contributed by atoms with Crippen LogP contribution in [0.1, 0.15) is 113 Å². The Morgan fingerprint density at radius 2 is 1.47 bits per heavy atom. The van der Waals surface area contributed by atoms with Crippen molar-refractivity contribution >= 4 is 21.8 Å². The van der Waals surface area contributed by atoms with Crippen LogP contribution in [-0.4, -0.2) is 19.3 Å². The number of rotatable bonds is 12. The standard InChI is InChI=1S/C47H50N4O.Pt/c1-9-13-33(7)42-21-32(6)22-43(34(8)14-10-2)47(42)36-28-49-50(29-36)37-24-35(30(3)4)25-39(26-37)52-38-17-18-41-40-15-11-12-16-44(40)51(45(41)27-38)46-23-31(5)19-20-48-46;/h11-12,15-25,28-30,33-34H,9-10,13-14H2,1-8H3;/q-2;+2. The van der Waals surface area contributed by atoms with Gasteiger partial charge in [0.15, 0.2) is 0 Å². The van der Waals surface area contributed by atoms with Gasteiger partial charge < -0.3 is 9.30 Å². The second kappa shape index (κ2) is 16.3. The van der Waals surface area contributed by atoms with E-state index in [0.29, 0.717) is 23.3 Å². The fourth-order valence-corrected chi connectivity index (χ4v) is 7.71. The molecule has 2 atom stereocenters. The van der Waals surface area contributed by atoms with Crippen LogP contribution in [-0.2, 0) is 21.1 Å². The van der Waals surface area contributed by atoms with Crippen molar-refractivity contribution in [2.24, 2.45) is 0 Å². The largest absolute Gasteiger partial charge is 2.00 e. The molecule has 0 radical (unpaired) electrons. The molecular formula is C47H50N4OPt. The monoisotopic (exact) mass is 881 g/mol. The maximum absolute atomic E-state index is 6.62. The van der Waals surface area contributed by atoms with Crippen LogP contribution in [0.2, 0.25) is 0 Å². The summed E-state index contributed by atoms with van der Waals surface area (Å²) in [6.07, 6.45) is 10.7. The van der Waals surface area contributed by atoms with Crippen LogP contribution in [0.4, 0.5) is 0 Å². The van der Waals surface area contributed by atoms with Crippen LogP contribution >= 0.6 is 0 Å². The Labute approximate surface area is 329 Å². The van der Waals surface area contributed by atoms with E-state index < -0.39 is 0 Å². The van der Waals surface area contributed by atoms with Gasteiger partial charge in [0.1, 0.15) is 5.82 Å². The number of ether oxygens (including phenoxy) is 1. The molecule has 0 N–H and O–H groups in total. The summed E-state index contributed by atoms with van der Waals surface area (Å²) < 4.78 is 10.8. The van der Waals surface area contributed by atoms with E-state index in [1.165, 1.54) is 22.3 Å². The molecule has 0 fully saturated rings. The van der Waals surface area contributed by atoms with Gasteiger partial charge in [-0.2, -0.15) is 11.2 Å². The minimum atomic E-state index is 0. The van der Waals surface area contributed by atoms with E-state index >= 15 is 0 Å². The second-order valence-corrected chi connectivity index (χ2v) is 14.9. The third-order valence-electron chi connectivity index (χ3n) is 10.4. The van der Waals surface area contributed by atoms with Crippen LogP contribution in [0.5, 0.6) is 11.5 Å². The van der Waals surface area contributed by atoms with Crippen LogP contribution in [0.15, 0.2) is 91.4 Å². The minimum absolute atomic E-state index is 0. The molecule has 0 bridgehead atoms. The Balaban J connectivity index is 0.00000481. The molecule has 3 aromatic heterocycles. The van der Waals surface area contributed by atoms with Crippen LogP contribution in [0.3, 0.4) is 0 Å². The molecule has 6 heteroatoms. The summed E-state index contributed by atoms with van der Waals surface area (Å²) >= 11 is 0. The molecule has 0 aliphatic carbocycles. The van der Waals surface area contributed by atoms with E-state index in [9.17, 15) is 0 Å². The Morgan fingerprint density at radius 1 is 0.755 bits per heavy atom. The van der Waals surface area contributed by atoms with Gasteiger partial charge in [-0.1, -0.05) is 95.8 Å². The van der Waals surface area contributed by atoms with Crippen LogP contribution < -0.4 is 4.74 Å². The maximum Gasteiger partial charge on any atom is 2.00 e. The minimum Gasteiger partial charge on any atom is -0.509 e. The predicted molar refractivity (Wildman–Crippen MR) is 216 cm³/mol. The Hall–Kier alpha value is -4.47. The zero-order valence-electron chi connectivity index (χ0n) is 32.2. The molecule has 0 aliphatic rings. The summed E-state index contributed by atoms with van der Waals surface area (Å²) in [7, 11) is 0. The van der Waals surface area contributed by atoms with Crippen molar-refractivity contribution in [2.45, 2.75) is 98.8 Å². The predicted octanol–water partition coefficient (Wildman–Crippen LogP) is 13.0. The van der Waals surface area contributed by atoms with Crippen molar-refractivity contribution in [2.75, 3.05) is 0 Å². The normalized spacial score (nSPS) is 12.7. The third kappa shape index (κ3) is 7.78. The number of aryl methyl sites for hydroxylation is 2. The SMILES string of the molecule is CCCC(C)c1cc(C)cc(C(C)CCC)c1-c1cnn(-c2[c-]c(Oc3[c-]c4c(cc3)c3ccccc3n4-c3cc(C)ccn3)cc(C(C)C)c2)c1.[Pt+2]. The number of hydrogen-bond acceptors (Lipinski definition) is 3. The van der Waals surface area contributed by atoms with Gasteiger partial charge in [-0.3, -0.25) is 4.68 Å². The van der Waals surface area contributed by atoms with Gasteiger partial charge in [-0.15, -0.1) is 41.3 Å². The van der Waals surface area contributed by atoms with Gasteiger partial charge in [-0.25, -0.2) is 4.98 Å². The Kier molecular flexibility index (Phi) is 11.7.